The molecule has 4 aromatic rings. The van der Waals surface area contributed by atoms with Gasteiger partial charge in [0.1, 0.15) is 10.7 Å². The molecule has 0 saturated carbocycles. The molecule has 4 heterocycles. The second-order valence-corrected chi connectivity index (χ2v) is 6.42. The Balaban J connectivity index is 1.85. The van der Waals surface area contributed by atoms with Gasteiger partial charge in [-0.25, -0.2) is 15.0 Å². The molecule has 134 valence electrons. The van der Waals surface area contributed by atoms with Crippen LogP contribution >= 0.6 is 11.3 Å². The van der Waals surface area contributed by atoms with Gasteiger partial charge in [0.2, 0.25) is 0 Å². The second-order valence-electron chi connectivity index (χ2n) is 5.42. The summed E-state index contributed by atoms with van der Waals surface area (Å²) in [5.74, 6) is 0.248. The van der Waals surface area contributed by atoms with Gasteiger partial charge in [-0.3, -0.25) is 9.97 Å². The molecule has 0 atom stereocenters. The summed E-state index contributed by atoms with van der Waals surface area (Å²) in [6, 6.07) is 9.92. The predicted octanol–water partition coefficient (Wildman–Crippen LogP) is 4.74. The molecular formula is C18H10F3N5S. The van der Waals surface area contributed by atoms with Crippen LogP contribution in [-0.2, 0) is 6.18 Å². The van der Waals surface area contributed by atoms with Crippen molar-refractivity contribution in [2.75, 3.05) is 0 Å². The monoisotopic (exact) mass is 385 g/mol. The Labute approximate surface area is 155 Å². The molecule has 0 N–H and O–H groups in total. The van der Waals surface area contributed by atoms with Crippen molar-refractivity contribution < 1.29 is 13.2 Å². The van der Waals surface area contributed by atoms with Gasteiger partial charge in [0.25, 0.3) is 0 Å². The van der Waals surface area contributed by atoms with Crippen LogP contribution in [0, 0.1) is 0 Å². The van der Waals surface area contributed by atoms with Crippen molar-refractivity contribution in [3.8, 4) is 32.7 Å². The largest absolute Gasteiger partial charge is 0.434 e. The molecule has 0 aromatic carbocycles. The van der Waals surface area contributed by atoms with Crippen LogP contribution in [0.15, 0.2) is 61.2 Å². The van der Waals surface area contributed by atoms with E-state index in [1.54, 1.807) is 42.7 Å². The number of nitrogens with zero attached hydrogens (tertiary/aromatic N) is 5. The first-order chi connectivity index (χ1) is 13.0. The van der Waals surface area contributed by atoms with E-state index in [2.05, 4.69) is 24.9 Å². The molecule has 9 heteroatoms. The van der Waals surface area contributed by atoms with Crippen LogP contribution in [0.3, 0.4) is 0 Å². The van der Waals surface area contributed by atoms with Gasteiger partial charge in [0, 0.05) is 30.4 Å². The third kappa shape index (κ3) is 3.54. The Kier molecular flexibility index (Phi) is 4.36. The minimum absolute atomic E-state index is 0.0686. The van der Waals surface area contributed by atoms with Crippen LogP contribution in [0.1, 0.15) is 5.69 Å². The van der Waals surface area contributed by atoms with Gasteiger partial charge in [-0.15, -0.1) is 11.3 Å². The van der Waals surface area contributed by atoms with E-state index in [4.69, 9.17) is 0 Å². The standard InChI is InChI=1S/C18H10F3N5S/c19-18(20,21)15-14(27-17(26-15)11-4-3-7-22-10-11)12-6-9-24-16(25-12)13-5-1-2-8-23-13/h1-10H. The van der Waals surface area contributed by atoms with Gasteiger partial charge in [0.15, 0.2) is 11.5 Å². The zero-order valence-corrected chi connectivity index (χ0v) is 14.4. The SMILES string of the molecule is FC(F)(F)c1nc(-c2cccnc2)sc1-c1ccnc(-c2ccccn2)n1. The molecule has 0 unspecified atom stereocenters. The Morgan fingerprint density at radius 3 is 2.41 bits per heavy atom. The summed E-state index contributed by atoms with van der Waals surface area (Å²) in [5, 5.41) is 0.225. The van der Waals surface area contributed by atoms with Gasteiger partial charge in [0.05, 0.1) is 10.6 Å². The molecule has 0 saturated heterocycles. The Bertz CT molecular complexity index is 1070. The van der Waals surface area contributed by atoms with Crippen molar-refractivity contribution in [2.24, 2.45) is 0 Å². The zero-order chi connectivity index (χ0) is 18.9. The summed E-state index contributed by atoms with van der Waals surface area (Å²) in [5.41, 5.74) is 0.158. The zero-order valence-electron chi connectivity index (χ0n) is 13.6. The van der Waals surface area contributed by atoms with Crippen LogP contribution in [0.2, 0.25) is 0 Å². The van der Waals surface area contributed by atoms with Crippen molar-refractivity contribution in [2.45, 2.75) is 6.18 Å². The van der Waals surface area contributed by atoms with E-state index < -0.39 is 11.9 Å². The highest BCUT2D eigenvalue weighted by Gasteiger charge is 2.38. The van der Waals surface area contributed by atoms with Gasteiger partial charge >= 0.3 is 6.18 Å². The molecular weight excluding hydrogens is 375 g/mol. The molecule has 4 aromatic heterocycles. The summed E-state index contributed by atoms with van der Waals surface area (Å²) >= 11 is 0.915. The molecule has 0 bridgehead atoms. The van der Waals surface area contributed by atoms with Crippen molar-refractivity contribution in [3.63, 3.8) is 0 Å². The molecule has 0 radical (unpaired) electrons. The molecule has 0 spiro atoms. The highest BCUT2D eigenvalue weighted by Crippen LogP contribution is 2.42. The molecule has 0 fully saturated rings. The van der Waals surface area contributed by atoms with Gasteiger partial charge in [-0.05, 0) is 30.3 Å². The first kappa shape index (κ1) is 17.2. The highest BCUT2D eigenvalue weighted by atomic mass is 32.1. The number of thiazole rings is 1. The number of alkyl halides is 3. The molecule has 27 heavy (non-hydrogen) atoms. The summed E-state index contributed by atoms with van der Waals surface area (Å²) in [4.78, 5) is 20.2. The fraction of sp³-hybridized carbons (Fsp3) is 0.0556. The maximum absolute atomic E-state index is 13.6. The number of hydrogen-bond acceptors (Lipinski definition) is 6. The summed E-state index contributed by atoms with van der Waals surface area (Å²) in [6.45, 7) is 0. The third-order valence-electron chi connectivity index (χ3n) is 3.59. The lowest BCUT2D eigenvalue weighted by Crippen LogP contribution is -2.07. The average Bonchev–Trinajstić information content (AvgIpc) is 3.16. The lowest BCUT2D eigenvalue weighted by atomic mass is 10.2. The van der Waals surface area contributed by atoms with Gasteiger partial charge in [-0.1, -0.05) is 6.07 Å². The number of halogens is 3. The second kappa shape index (κ2) is 6.84. The van der Waals surface area contributed by atoms with Crippen LogP contribution in [0.25, 0.3) is 32.7 Å². The Hall–Kier alpha value is -3.20. The maximum atomic E-state index is 13.6. The van der Waals surface area contributed by atoms with E-state index in [0.717, 1.165) is 11.3 Å². The smallest absolute Gasteiger partial charge is 0.264 e. The maximum Gasteiger partial charge on any atom is 0.434 e. The van der Waals surface area contributed by atoms with Gasteiger partial charge in [-0.2, -0.15) is 13.2 Å². The van der Waals surface area contributed by atoms with E-state index in [0.29, 0.717) is 11.3 Å². The minimum Gasteiger partial charge on any atom is -0.264 e. The number of aromatic nitrogens is 5. The molecule has 5 nitrogen and oxygen atoms in total. The molecule has 4 rings (SSSR count). The lowest BCUT2D eigenvalue weighted by molar-refractivity contribution is -0.140. The van der Waals surface area contributed by atoms with E-state index >= 15 is 0 Å². The first-order valence-electron chi connectivity index (χ1n) is 7.75. The molecule has 0 amide bonds. The van der Waals surface area contributed by atoms with Crippen LogP contribution in [-0.4, -0.2) is 24.9 Å². The fourth-order valence-corrected chi connectivity index (χ4v) is 3.45. The van der Waals surface area contributed by atoms with Crippen LogP contribution in [0.4, 0.5) is 13.2 Å². The van der Waals surface area contributed by atoms with Gasteiger partial charge < -0.3 is 0 Å². The Morgan fingerprint density at radius 2 is 1.70 bits per heavy atom. The number of pyridine rings is 2. The summed E-state index contributed by atoms with van der Waals surface area (Å²) in [7, 11) is 0. The van der Waals surface area contributed by atoms with Crippen molar-refractivity contribution >= 4 is 11.3 Å². The van der Waals surface area contributed by atoms with Crippen molar-refractivity contribution in [1.82, 2.24) is 24.9 Å². The highest BCUT2D eigenvalue weighted by molar-refractivity contribution is 7.18. The normalized spacial score (nSPS) is 11.5. The molecule has 0 aliphatic heterocycles. The number of hydrogen-bond donors (Lipinski definition) is 0. The third-order valence-corrected chi connectivity index (χ3v) is 4.71. The summed E-state index contributed by atoms with van der Waals surface area (Å²) < 4.78 is 40.7. The van der Waals surface area contributed by atoms with E-state index in [-0.39, 0.29) is 21.4 Å². The average molecular weight is 385 g/mol. The Morgan fingerprint density at radius 1 is 0.815 bits per heavy atom. The predicted molar refractivity (Wildman–Crippen MR) is 94.6 cm³/mol. The topological polar surface area (TPSA) is 64.5 Å². The van der Waals surface area contributed by atoms with Crippen LogP contribution < -0.4 is 0 Å². The molecule has 0 aliphatic rings. The quantitative estimate of drug-likeness (QED) is 0.510. The van der Waals surface area contributed by atoms with E-state index in [1.807, 2.05) is 0 Å². The minimum atomic E-state index is -4.61. The number of rotatable bonds is 3. The van der Waals surface area contributed by atoms with Crippen LogP contribution in [0.5, 0.6) is 0 Å². The van der Waals surface area contributed by atoms with Crippen molar-refractivity contribution in [3.05, 3.63) is 66.9 Å². The summed E-state index contributed by atoms with van der Waals surface area (Å²) in [6.07, 6.45) is 1.40. The lowest BCUT2D eigenvalue weighted by Gasteiger charge is -2.06. The van der Waals surface area contributed by atoms with E-state index in [9.17, 15) is 13.2 Å². The van der Waals surface area contributed by atoms with Crippen molar-refractivity contribution in [1.29, 1.82) is 0 Å². The fourth-order valence-electron chi connectivity index (χ4n) is 2.40. The first-order valence-corrected chi connectivity index (χ1v) is 8.57. The van der Waals surface area contributed by atoms with E-state index in [1.165, 1.54) is 18.5 Å². The molecule has 0 aliphatic carbocycles.